The minimum atomic E-state index is -1.18. The number of carboxylic acid groups (broad SMARTS) is 1. The van der Waals surface area contributed by atoms with Crippen molar-refractivity contribution in [1.82, 2.24) is 9.55 Å². The van der Waals surface area contributed by atoms with Gasteiger partial charge < -0.3 is 14.4 Å². The minimum absolute atomic E-state index is 0.178. The Morgan fingerprint density at radius 1 is 1.22 bits per heavy atom. The summed E-state index contributed by atoms with van der Waals surface area (Å²) in [5.74, 6) is -2.84. The van der Waals surface area contributed by atoms with Crippen LogP contribution in [0.15, 0.2) is 36.5 Å². The SMILES string of the molecule is Cc1nc2c(ccn2Cc2ccc(F)c(F)c2)c(C2=CCC(C)(C)CC2)c1[C@H](OC(C)(C)C)C(=O)O. The van der Waals surface area contributed by atoms with Crippen LogP contribution in [0.4, 0.5) is 8.78 Å². The standard InChI is InChI=1S/C29H34F2N2O3/c1-17-23(25(27(34)35)36-28(2,3)4)24(19-9-12-29(5,6)13-10-19)20-11-14-33(26(20)32-17)16-18-7-8-21(30)22(31)15-18/h7-9,11,14-15,25H,10,12-13,16H2,1-6H3,(H,34,35)/t25-/m0/s1. The summed E-state index contributed by atoms with van der Waals surface area (Å²) in [6, 6.07) is 5.79. The lowest BCUT2D eigenvalue weighted by molar-refractivity contribution is -0.160. The molecule has 0 spiro atoms. The fraction of sp³-hybridized carbons (Fsp3) is 0.448. The lowest BCUT2D eigenvalue weighted by atomic mass is 9.75. The number of carboxylic acids is 1. The summed E-state index contributed by atoms with van der Waals surface area (Å²) in [7, 11) is 0. The molecule has 0 radical (unpaired) electrons. The van der Waals surface area contributed by atoms with Gasteiger partial charge >= 0.3 is 5.97 Å². The molecule has 7 heteroatoms. The number of hydrogen-bond donors (Lipinski definition) is 1. The van der Waals surface area contributed by atoms with Gasteiger partial charge in [0.1, 0.15) is 5.65 Å². The summed E-state index contributed by atoms with van der Waals surface area (Å²) in [6.45, 7) is 12.1. The maximum Gasteiger partial charge on any atom is 0.337 e. The highest BCUT2D eigenvalue weighted by Crippen LogP contribution is 2.44. The van der Waals surface area contributed by atoms with Crippen molar-refractivity contribution in [2.24, 2.45) is 5.41 Å². The zero-order chi connectivity index (χ0) is 26.4. The number of aromatic nitrogens is 2. The number of allylic oxidation sites excluding steroid dienone is 2. The molecule has 1 aliphatic carbocycles. The molecule has 1 atom stereocenters. The fourth-order valence-corrected chi connectivity index (χ4v) is 4.85. The third-order valence-electron chi connectivity index (χ3n) is 6.72. The van der Waals surface area contributed by atoms with Crippen LogP contribution >= 0.6 is 0 Å². The third-order valence-corrected chi connectivity index (χ3v) is 6.72. The van der Waals surface area contributed by atoms with E-state index in [1.807, 2.05) is 44.5 Å². The van der Waals surface area contributed by atoms with Gasteiger partial charge in [0.05, 0.1) is 5.60 Å². The highest BCUT2D eigenvalue weighted by atomic mass is 19.2. The first-order chi connectivity index (χ1) is 16.8. The first kappa shape index (κ1) is 26.0. The van der Waals surface area contributed by atoms with Gasteiger partial charge in [0.2, 0.25) is 0 Å². The van der Waals surface area contributed by atoms with E-state index in [4.69, 9.17) is 9.72 Å². The predicted octanol–water partition coefficient (Wildman–Crippen LogP) is 7.21. The van der Waals surface area contributed by atoms with E-state index in [9.17, 15) is 18.7 Å². The van der Waals surface area contributed by atoms with E-state index >= 15 is 0 Å². The molecular formula is C29H34F2N2O3. The van der Waals surface area contributed by atoms with Crippen LogP contribution in [0.1, 0.15) is 82.4 Å². The highest BCUT2D eigenvalue weighted by molar-refractivity contribution is 5.95. The van der Waals surface area contributed by atoms with Crippen LogP contribution < -0.4 is 0 Å². The molecule has 2 heterocycles. The molecule has 5 nitrogen and oxygen atoms in total. The Hall–Kier alpha value is -3.06. The van der Waals surface area contributed by atoms with E-state index in [0.29, 0.717) is 29.0 Å². The van der Waals surface area contributed by atoms with E-state index < -0.39 is 29.3 Å². The van der Waals surface area contributed by atoms with Crippen LogP contribution in [-0.4, -0.2) is 26.2 Å². The van der Waals surface area contributed by atoms with E-state index in [1.165, 1.54) is 6.07 Å². The largest absolute Gasteiger partial charge is 0.479 e. The number of ether oxygens (including phenoxy) is 1. The summed E-state index contributed by atoms with van der Waals surface area (Å²) in [5, 5.41) is 11.0. The van der Waals surface area contributed by atoms with Gasteiger partial charge in [0.25, 0.3) is 0 Å². The molecule has 0 saturated heterocycles. The van der Waals surface area contributed by atoms with Crippen LogP contribution in [-0.2, 0) is 16.1 Å². The number of benzene rings is 1. The zero-order valence-electron chi connectivity index (χ0n) is 21.8. The van der Waals surface area contributed by atoms with Gasteiger partial charge in [-0.15, -0.1) is 0 Å². The Morgan fingerprint density at radius 3 is 2.53 bits per heavy atom. The molecule has 1 aliphatic rings. The van der Waals surface area contributed by atoms with Crippen molar-refractivity contribution in [3.05, 3.63) is 70.6 Å². The second-order valence-electron chi connectivity index (χ2n) is 11.5. The Bertz CT molecular complexity index is 1350. The van der Waals surface area contributed by atoms with E-state index in [-0.39, 0.29) is 5.41 Å². The number of halogens is 2. The summed E-state index contributed by atoms with van der Waals surface area (Å²) in [5.41, 5.74) is 3.87. The quantitative estimate of drug-likeness (QED) is 0.392. The second-order valence-corrected chi connectivity index (χ2v) is 11.5. The molecule has 0 unspecified atom stereocenters. The van der Waals surface area contributed by atoms with Gasteiger partial charge in [0, 0.05) is 29.4 Å². The first-order valence-electron chi connectivity index (χ1n) is 12.3. The molecule has 1 N–H and O–H groups in total. The fourth-order valence-electron chi connectivity index (χ4n) is 4.85. The molecule has 1 aromatic carbocycles. The Labute approximate surface area is 210 Å². The van der Waals surface area contributed by atoms with Crippen LogP contribution in [0.3, 0.4) is 0 Å². The van der Waals surface area contributed by atoms with E-state index in [1.54, 1.807) is 6.07 Å². The van der Waals surface area contributed by atoms with Crippen molar-refractivity contribution in [3.8, 4) is 0 Å². The predicted molar refractivity (Wildman–Crippen MR) is 137 cm³/mol. The zero-order valence-corrected chi connectivity index (χ0v) is 21.8. The highest BCUT2D eigenvalue weighted by Gasteiger charge is 2.34. The van der Waals surface area contributed by atoms with Crippen molar-refractivity contribution in [2.75, 3.05) is 0 Å². The lowest BCUT2D eigenvalue weighted by Crippen LogP contribution is -2.29. The Kier molecular flexibility index (Phi) is 6.82. The molecule has 0 amide bonds. The maximum absolute atomic E-state index is 13.8. The van der Waals surface area contributed by atoms with Crippen molar-refractivity contribution >= 4 is 22.6 Å². The van der Waals surface area contributed by atoms with Gasteiger partial charge in [-0.1, -0.05) is 26.0 Å². The van der Waals surface area contributed by atoms with Gasteiger partial charge in [-0.3, -0.25) is 0 Å². The summed E-state index contributed by atoms with van der Waals surface area (Å²) >= 11 is 0. The second kappa shape index (κ2) is 9.43. The molecule has 0 aliphatic heterocycles. The van der Waals surface area contributed by atoms with E-state index in [2.05, 4.69) is 19.9 Å². The number of fused-ring (bicyclic) bond motifs is 1. The monoisotopic (exact) mass is 496 g/mol. The summed E-state index contributed by atoms with van der Waals surface area (Å²) in [6.07, 6.45) is 5.58. The normalized spacial score (nSPS) is 16.7. The molecular weight excluding hydrogens is 462 g/mol. The van der Waals surface area contributed by atoms with Crippen molar-refractivity contribution in [2.45, 2.75) is 79.1 Å². The molecule has 0 fully saturated rings. The Morgan fingerprint density at radius 2 is 1.94 bits per heavy atom. The van der Waals surface area contributed by atoms with E-state index in [0.717, 1.165) is 41.9 Å². The number of nitrogens with zero attached hydrogens (tertiary/aromatic N) is 2. The lowest BCUT2D eigenvalue weighted by Gasteiger charge is -2.32. The van der Waals surface area contributed by atoms with Gasteiger partial charge in [-0.25, -0.2) is 18.6 Å². The average molecular weight is 497 g/mol. The van der Waals surface area contributed by atoms with Crippen LogP contribution in [0.2, 0.25) is 0 Å². The smallest absolute Gasteiger partial charge is 0.337 e. The summed E-state index contributed by atoms with van der Waals surface area (Å²) < 4.78 is 35.2. The van der Waals surface area contributed by atoms with Gasteiger partial charge in [-0.2, -0.15) is 0 Å². The number of rotatable bonds is 6. The Balaban J connectivity index is 1.92. The molecule has 2 aromatic heterocycles. The number of carbonyl (C=O) groups is 1. The number of pyridine rings is 1. The average Bonchev–Trinajstić information content (AvgIpc) is 3.15. The van der Waals surface area contributed by atoms with Crippen molar-refractivity contribution in [1.29, 1.82) is 0 Å². The maximum atomic E-state index is 13.8. The number of hydrogen-bond acceptors (Lipinski definition) is 3. The van der Waals surface area contributed by atoms with Crippen LogP contribution in [0, 0.1) is 24.0 Å². The molecule has 192 valence electrons. The van der Waals surface area contributed by atoms with Gasteiger partial charge in [0.15, 0.2) is 17.7 Å². The minimum Gasteiger partial charge on any atom is -0.479 e. The van der Waals surface area contributed by atoms with Crippen LogP contribution in [0.25, 0.3) is 16.6 Å². The van der Waals surface area contributed by atoms with Crippen LogP contribution in [0.5, 0.6) is 0 Å². The summed E-state index contributed by atoms with van der Waals surface area (Å²) in [4.78, 5) is 17.3. The van der Waals surface area contributed by atoms with Crippen molar-refractivity contribution < 1.29 is 23.4 Å². The number of aryl methyl sites for hydroxylation is 1. The molecule has 0 bridgehead atoms. The molecule has 0 saturated carbocycles. The number of aliphatic carboxylic acids is 1. The van der Waals surface area contributed by atoms with Crippen molar-refractivity contribution in [3.63, 3.8) is 0 Å². The van der Waals surface area contributed by atoms with Gasteiger partial charge in [-0.05, 0) is 87.3 Å². The topological polar surface area (TPSA) is 64.4 Å². The molecule has 3 aromatic rings. The third kappa shape index (κ3) is 5.36. The molecule has 4 rings (SSSR count). The molecule has 36 heavy (non-hydrogen) atoms. The first-order valence-corrected chi connectivity index (χ1v) is 12.3.